The second-order valence-corrected chi connectivity index (χ2v) is 5.49. The molecule has 4 nitrogen and oxygen atoms in total. The summed E-state index contributed by atoms with van der Waals surface area (Å²) in [5.74, 6) is -1.52. The highest BCUT2D eigenvalue weighted by atomic mass is 19.2. The zero-order chi connectivity index (χ0) is 16.0. The van der Waals surface area contributed by atoms with E-state index < -0.39 is 29.8 Å². The van der Waals surface area contributed by atoms with Crippen molar-refractivity contribution in [3.8, 4) is 0 Å². The Kier molecular flexibility index (Phi) is 6.55. The van der Waals surface area contributed by atoms with Gasteiger partial charge >= 0.3 is 6.03 Å². The van der Waals surface area contributed by atoms with E-state index in [9.17, 15) is 18.7 Å². The molecule has 2 atom stereocenters. The lowest BCUT2D eigenvalue weighted by atomic mass is 10.0. The lowest BCUT2D eigenvalue weighted by Gasteiger charge is -2.21. The van der Waals surface area contributed by atoms with Gasteiger partial charge in [0.25, 0.3) is 0 Å². The number of carbonyl (C=O) groups is 1. The second kappa shape index (κ2) is 7.93. The summed E-state index contributed by atoms with van der Waals surface area (Å²) in [6.45, 7) is 6.23. The first-order valence-electron chi connectivity index (χ1n) is 6.98. The van der Waals surface area contributed by atoms with E-state index in [0.29, 0.717) is 12.5 Å². The lowest BCUT2D eigenvalue weighted by Crippen LogP contribution is -2.43. The van der Waals surface area contributed by atoms with Crippen molar-refractivity contribution < 1.29 is 18.7 Å². The van der Waals surface area contributed by atoms with Crippen LogP contribution in [0.15, 0.2) is 18.2 Å². The number of nitrogens with one attached hydrogen (secondary N) is 2. The van der Waals surface area contributed by atoms with E-state index in [1.807, 2.05) is 0 Å². The van der Waals surface area contributed by atoms with Gasteiger partial charge in [-0.05, 0) is 37.0 Å². The Morgan fingerprint density at radius 3 is 2.48 bits per heavy atom. The third-order valence-corrected chi connectivity index (χ3v) is 3.12. The third-order valence-electron chi connectivity index (χ3n) is 3.12. The second-order valence-electron chi connectivity index (χ2n) is 5.49. The van der Waals surface area contributed by atoms with Crippen LogP contribution in [0.1, 0.15) is 38.9 Å². The van der Waals surface area contributed by atoms with Crippen LogP contribution in [0.3, 0.4) is 0 Å². The van der Waals surface area contributed by atoms with E-state index in [1.165, 1.54) is 6.07 Å². The van der Waals surface area contributed by atoms with Gasteiger partial charge in [0.1, 0.15) is 0 Å². The number of aliphatic hydroxyl groups is 1. The number of benzene rings is 1. The van der Waals surface area contributed by atoms with Crippen LogP contribution in [-0.2, 0) is 0 Å². The van der Waals surface area contributed by atoms with Gasteiger partial charge in [0.05, 0.1) is 12.1 Å². The fourth-order valence-corrected chi connectivity index (χ4v) is 1.80. The molecule has 0 bridgehead atoms. The van der Waals surface area contributed by atoms with Crippen molar-refractivity contribution in [3.63, 3.8) is 0 Å². The van der Waals surface area contributed by atoms with Crippen LogP contribution in [0.4, 0.5) is 13.6 Å². The quantitative estimate of drug-likeness (QED) is 0.756. The molecular formula is C15H22F2N2O2. The molecule has 118 valence electrons. The maximum atomic E-state index is 13.1. The van der Waals surface area contributed by atoms with E-state index >= 15 is 0 Å². The summed E-state index contributed by atoms with van der Waals surface area (Å²) in [6, 6.07) is 2.13. The summed E-state index contributed by atoms with van der Waals surface area (Å²) < 4.78 is 26.0. The van der Waals surface area contributed by atoms with Gasteiger partial charge < -0.3 is 15.7 Å². The predicted octanol–water partition coefficient (Wildman–Crippen LogP) is 2.73. The van der Waals surface area contributed by atoms with Gasteiger partial charge in [0.15, 0.2) is 11.6 Å². The Hall–Kier alpha value is -1.69. The minimum atomic E-state index is -1.11. The molecule has 0 saturated heterocycles. The first-order chi connectivity index (χ1) is 9.81. The fraction of sp³-hybridized carbons (Fsp3) is 0.533. The molecule has 0 aliphatic heterocycles. The van der Waals surface area contributed by atoms with Crippen LogP contribution in [0.5, 0.6) is 0 Å². The molecule has 0 aliphatic rings. The van der Waals surface area contributed by atoms with Crippen LogP contribution in [-0.4, -0.2) is 23.7 Å². The maximum Gasteiger partial charge on any atom is 0.315 e. The fourth-order valence-electron chi connectivity index (χ4n) is 1.80. The Balaban J connectivity index is 2.51. The molecule has 0 aromatic heterocycles. The van der Waals surface area contributed by atoms with E-state index in [1.54, 1.807) is 6.92 Å². The molecule has 0 heterocycles. The largest absolute Gasteiger partial charge is 0.386 e. The summed E-state index contributed by atoms with van der Waals surface area (Å²) in [6.07, 6.45) is -0.260. The first-order valence-corrected chi connectivity index (χ1v) is 6.98. The Morgan fingerprint density at radius 1 is 1.24 bits per heavy atom. The van der Waals surface area contributed by atoms with Crippen molar-refractivity contribution in [2.75, 3.05) is 6.54 Å². The number of hydrogen-bond donors (Lipinski definition) is 3. The zero-order valence-corrected chi connectivity index (χ0v) is 12.5. The number of amides is 2. The lowest BCUT2D eigenvalue weighted by molar-refractivity contribution is 0.137. The van der Waals surface area contributed by atoms with E-state index in [2.05, 4.69) is 24.5 Å². The molecule has 0 radical (unpaired) electrons. The summed E-state index contributed by atoms with van der Waals surface area (Å²) in [5.41, 5.74) is 0.212. The number of rotatable bonds is 6. The molecule has 2 unspecified atom stereocenters. The Bertz CT molecular complexity index is 481. The minimum absolute atomic E-state index is 0.212. The van der Waals surface area contributed by atoms with E-state index in [0.717, 1.165) is 18.6 Å². The third kappa shape index (κ3) is 5.67. The van der Waals surface area contributed by atoms with Crippen molar-refractivity contribution in [2.24, 2.45) is 5.92 Å². The number of urea groups is 1. The van der Waals surface area contributed by atoms with Gasteiger partial charge in [0, 0.05) is 6.54 Å². The van der Waals surface area contributed by atoms with Crippen molar-refractivity contribution in [1.29, 1.82) is 0 Å². The highest BCUT2D eigenvalue weighted by molar-refractivity contribution is 5.74. The average molecular weight is 300 g/mol. The van der Waals surface area contributed by atoms with Gasteiger partial charge in [-0.2, -0.15) is 0 Å². The van der Waals surface area contributed by atoms with Gasteiger partial charge in [-0.15, -0.1) is 0 Å². The highest BCUT2D eigenvalue weighted by Gasteiger charge is 2.19. The number of carbonyl (C=O) groups excluding carboxylic acids is 1. The van der Waals surface area contributed by atoms with Gasteiger partial charge in [-0.25, -0.2) is 13.6 Å². The highest BCUT2D eigenvalue weighted by Crippen LogP contribution is 2.19. The molecular weight excluding hydrogens is 278 g/mol. The summed E-state index contributed by atoms with van der Waals surface area (Å²) in [7, 11) is 0. The standard InChI is InChI=1S/C15H22F2N2O2/c1-9(2)6-7-18-15(21)19-10(3)14(20)11-4-5-12(16)13(17)8-11/h4-5,8-10,14,20H,6-7H2,1-3H3,(H2,18,19,21). The molecule has 2 amide bonds. The molecule has 6 heteroatoms. The van der Waals surface area contributed by atoms with E-state index in [4.69, 9.17) is 0 Å². The van der Waals surface area contributed by atoms with Crippen LogP contribution in [0, 0.1) is 17.6 Å². The molecule has 0 aliphatic carbocycles. The van der Waals surface area contributed by atoms with Crippen molar-refractivity contribution in [1.82, 2.24) is 10.6 Å². The monoisotopic (exact) mass is 300 g/mol. The van der Waals surface area contributed by atoms with E-state index in [-0.39, 0.29) is 5.56 Å². The smallest absolute Gasteiger partial charge is 0.315 e. The maximum absolute atomic E-state index is 13.1. The van der Waals surface area contributed by atoms with Crippen LogP contribution in [0.2, 0.25) is 0 Å². The summed E-state index contributed by atoms with van der Waals surface area (Å²) in [5, 5.41) is 15.3. The van der Waals surface area contributed by atoms with Crippen molar-refractivity contribution >= 4 is 6.03 Å². The molecule has 1 aromatic rings. The van der Waals surface area contributed by atoms with Gasteiger partial charge in [-0.3, -0.25) is 0 Å². The Labute approximate surface area is 123 Å². The SMILES string of the molecule is CC(C)CCNC(=O)NC(C)C(O)c1ccc(F)c(F)c1. The molecule has 0 saturated carbocycles. The topological polar surface area (TPSA) is 61.4 Å². The number of hydrogen-bond acceptors (Lipinski definition) is 2. The molecule has 1 rings (SSSR count). The van der Waals surface area contributed by atoms with Crippen molar-refractivity contribution in [2.45, 2.75) is 39.3 Å². The van der Waals surface area contributed by atoms with Crippen LogP contribution < -0.4 is 10.6 Å². The van der Waals surface area contributed by atoms with Crippen LogP contribution >= 0.6 is 0 Å². The molecule has 1 aromatic carbocycles. The van der Waals surface area contributed by atoms with Gasteiger partial charge in [-0.1, -0.05) is 19.9 Å². The normalized spacial score (nSPS) is 13.9. The predicted molar refractivity (Wildman–Crippen MR) is 76.8 cm³/mol. The molecule has 3 N–H and O–H groups in total. The average Bonchev–Trinajstić information content (AvgIpc) is 2.40. The van der Waals surface area contributed by atoms with Crippen molar-refractivity contribution in [3.05, 3.63) is 35.4 Å². The number of halogens is 2. The number of aliphatic hydroxyl groups excluding tert-OH is 1. The molecule has 0 spiro atoms. The molecule has 21 heavy (non-hydrogen) atoms. The van der Waals surface area contributed by atoms with Crippen LogP contribution in [0.25, 0.3) is 0 Å². The van der Waals surface area contributed by atoms with Gasteiger partial charge in [0.2, 0.25) is 0 Å². The summed E-state index contributed by atoms with van der Waals surface area (Å²) >= 11 is 0. The minimum Gasteiger partial charge on any atom is -0.386 e. The summed E-state index contributed by atoms with van der Waals surface area (Å²) in [4.78, 5) is 11.6. The first kappa shape index (κ1) is 17.4. The zero-order valence-electron chi connectivity index (χ0n) is 12.5. The molecule has 0 fully saturated rings. The Morgan fingerprint density at radius 2 is 1.90 bits per heavy atom.